The fourth-order valence-corrected chi connectivity index (χ4v) is 1.89. The Bertz CT molecular complexity index is 429. The number of ether oxygens (including phenoxy) is 1. The first-order valence-corrected chi connectivity index (χ1v) is 6.26. The molecule has 0 unspecified atom stereocenters. The predicted octanol–water partition coefficient (Wildman–Crippen LogP) is 0.744. The van der Waals surface area contributed by atoms with E-state index < -0.39 is 0 Å². The second-order valence-corrected chi connectivity index (χ2v) is 4.22. The zero-order valence-corrected chi connectivity index (χ0v) is 11.2. The minimum absolute atomic E-state index is 0.0734. The first-order valence-electron chi connectivity index (χ1n) is 6.26. The molecule has 0 aliphatic carbocycles. The number of nitriles is 1. The van der Waals surface area contributed by atoms with Crippen LogP contribution in [0.4, 0.5) is 0 Å². The van der Waals surface area contributed by atoms with Crippen molar-refractivity contribution in [2.45, 2.75) is 13.0 Å². The van der Waals surface area contributed by atoms with Crippen molar-refractivity contribution in [2.75, 3.05) is 33.4 Å². The summed E-state index contributed by atoms with van der Waals surface area (Å²) in [6.07, 6.45) is 0.665. The van der Waals surface area contributed by atoms with Gasteiger partial charge in [-0.3, -0.25) is 4.90 Å². The van der Waals surface area contributed by atoms with Crippen molar-refractivity contribution < 1.29 is 14.9 Å². The molecule has 2 N–H and O–H groups in total. The van der Waals surface area contributed by atoms with E-state index in [9.17, 15) is 0 Å². The summed E-state index contributed by atoms with van der Waals surface area (Å²) < 4.78 is 5.28. The Balaban J connectivity index is 2.80. The summed E-state index contributed by atoms with van der Waals surface area (Å²) in [5.41, 5.74) is 1.53. The van der Waals surface area contributed by atoms with Crippen LogP contribution in [0.5, 0.6) is 5.75 Å². The summed E-state index contributed by atoms with van der Waals surface area (Å²) in [6.45, 7) is 2.08. The van der Waals surface area contributed by atoms with Gasteiger partial charge in [0.1, 0.15) is 5.75 Å². The fourth-order valence-electron chi connectivity index (χ4n) is 1.89. The van der Waals surface area contributed by atoms with Crippen LogP contribution >= 0.6 is 0 Å². The summed E-state index contributed by atoms with van der Waals surface area (Å²) >= 11 is 0. The van der Waals surface area contributed by atoms with E-state index in [2.05, 4.69) is 6.07 Å². The largest absolute Gasteiger partial charge is 0.496 e. The minimum Gasteiger partial charge on any atom is -0.496 e. The normalized spacial score (nSPS) is 10.5. The molecule has 0 spiro atoms. The molecule has 0 heterocycles. The molecule has 0 bridgehead atoms. The summed E-state index contributed by atoms with van der Waals surface area (Å²) in [5.74, 6) is 0.672. The Hall–Kier alpha value is -1.61. The molecular weight excluding hydrogens is 244 g/mol. The van der Waals surface area contributed by atoms with Gasteiger partial charge in [-0.2, -0.15) is 5.26 Å². The molecule has 0 radical (unpaired) electrons. The smallest absolute Gasteiger partial charge is 0.124 e. The Morgan fingerprint density at radius 3 is 2.63 bits per heavy atom. The van der Waals surface area contributed by atoms with Crippen LogP contribution in [0, 0.1) is 11.3 Å². The molecule has 1 aromatic rings. The summed E-state index contributed by atoms with van der Waals surface area (Å²) in [6, 6.07) is 7.39. The molecule has 1 rings (SSSR count). The molecule has 0 amide bonds. The van der Waals surface area contributed by atoms with Crippen LogP contribution in [0.15, 0.2) is 18.2 Å². The average Bonchev–Trinajstić information content (AvgIpc) is 2.45. The zero-order chi connectivity index (χ0) is 14.1. The number of hydrogen-bond acceptors (Lipinski definition) is 5. The molecule has 5 heteroatoms. The van der Waals surface area contributed by atoms with Gasteiger partial charge in [-0.05, 0) is 18.6 Å². The van der Waals surface area contributed by atoms with Crippen molar-refractivity contribution in [1.82, 2.24) is 4.90 Å². The molecule has 0 atom stereocenters. The standard InChI is InChI=1S/C14H20N2O3/c1-19-14-9-12(10-15)3-4-13(14)11-16(6-8-18)5-2-7-17/h3-4,9,17-18H,2,5-8,11H2,1H3. The van der Waals surface area contributed by atoms with Crippen LogP contribution in [0.25, 0.3) is 0 Å². The maximum Gasteiger partial charge on any atom is 0.124 e. The van der Waals surface area contributed by atoms with Crippen LogP contribution < -0.4 is 4.74 Å². The quantitative estimate of drug-likeness (QED) is 0.724. The van der Waals surface area contributed by atoms with Gasteiger partial charge in [0.15, 0.2) is 0 Å². The van der Waals surface area contributed by atoms with Crippen molar-refractivity contribution in [3.63, 3.8) is 0 Å². The Morgan fingerprint density at radius 2 is 2.05 bits per heavy atom. The van der Waals surface area contributed by atoms with Crippen LogP contribution in [-0.2, 0) is 6.54 Å². The van der Waals surface area contributed by atoms with Gasteiger partial charge in [-0.15, -0.1) is 0 Å². The van der Waals surface area contributed by atoms with E-state index in [-0.39, 0.29) is 13.2 Å². The molecule has 0 aromatic heterocycles. The van der Waals surface area contributed by atoms with Gasteiger partial charge in [0.25, 0.3) is 0 Å². The van der Waals surface area contributed by atoms with E-state index in [4.69, 9.17) is 20.2 Å². The average molecular weight is 264 g/mol. The molecule has 0 aliphatic rings. The van der Waals surface area contributed by atoms with Crippen LogP contribution in [-0.4, -0.2) is 48.5 Å². The third-order valence-electron chi connectivity index (χ3n) is 2.86. The number of aliphatic hydroxyl groups excluding tert-OH is 2. The second-order valence-electron chi connectivity index (χ2n) is 4.22. The van der Waals surface area contributed by atoms with E-state index in [0.29, 0.717) is 37.4 Å². The van der Waals surface area contributed by atoms with Gasteiger partial charge in [-0.25, -0.2) is 0 Å². The topological polar surface area (TPSA) is 76.7 Å². The van der Waals surface area contributed by atoms with Crippen molar-refractivity contribution in [3.05, 3.63) is 29.3 Å². The van der Waals surface area contributed by atoms with E-state index in [1.807, 2.05) is 11.0 Å². The van der Waals surface area contributed by atoms with Gasteiger partial charge in [0.2, 0.25) is 0 Å². The lowest BCUT2D eigenvalue weighted by Gasteiger charge is -2.22. The van der Waals surface area contributed by atoms with Crippen LogP contribution in [0.3, 0.4) is 0 Å². The number of nitrogens with zero attached hydrogens (tertiary/aromatic N) is 2. The Labute approximate surface area is 113 Å². The van der Waals surface area contributed by atoms with E-state index in [0.717, 1.165) is 5.56 Å². The Kier molecular flexibility index (Phi) is 6.90. The van der Waals surface area contributed by atoms with Gasteiger partial charge < -0.3 is 14.9 Å². The second kappa shape index (κ2) is 8.48. The number of methoxy groups -OCH3 is 1. The number of aliphatic hydroxyl groups is 2. The summed E-state index contributed by atoms with van der Waals surface area (Å²) in [5, 5.41) is 26.8. The minimum atomic E-state index is 0.0734. The summed E-state index contributed by atoms with van der Waals surface area (Å²) in [7, 11) is 1.57. The monoisotopic (exact) mass is 264 g/mol. The highest BCUT2D eigenvalue weighted by Gasteiger charge is 2.10. The fraction of sp³-hybridized carbons (Fsp3) is 0.500. The van der Waals surface area contributed by atoms with Crippen molar-refractivity contribution >= 4 is 0 Å². The molecule has 0 saturated carbocycles. The molecule has 0 fully saturated rings. The lowest BCUT2D eigenvalue weighted by atomic mass is 10.1. The van der Waals surface area contributed by atoms with Gasteiger partial charge in [0, 0.05) is 31.8 Å². The van der Waals surface area contributed by atoms with E-state index in [1.165, 1.54) is 0 Å². The highest BCUT2D eigenvalue weighted by molar-refractivity contribution is 5.42. The summed E-state index contributed by atoms with van der Waals surface area (Å²) in [4.78, 5) is 2.04. The van der Waals surface area contributed by atoms with Crippen molar-refractivity contribution in [3.8, 4) is 11.8 Å². The lowest BCUT2D eigenvalue weighted by Crippen LogP contribution is -2.28. The highest BCUT2D eigenvalue weighted by Crippen LogP contribution is 2.21. The van der Waals surface area contributed by atoms with Crippen LogP contribution in [0.2, 0.25) is 0 Å². The maximum atomic E-state index is 9.04. The molecular formula is C14H20N2O3. The first-order chi connectivity index (χ1) is 9.24. The van der Waals surface area contributed by atoms with Gasteiger partial charge in [-0.1, -0.05) is 6.07 Å². The van der Waals surface area contributed by atoms with Crippen molar-refractivity contribution in [1.29, 1.82) is 5.26 Å². The number of hydrogen-bond donors (Lipinski definition) is 2. The third-order valence-corrected chi connectivity index (χ3v) is 2.86. The lowest BCUT2D eigenvalue weighted by molar-refractivity contribution is 0.173. The number of benzene rings is 1. The van der Waals surface area contributed by atoms with E-state index in [1.54, 1.807) is 19.2 Å². The third kappa shape index (κ3) is 4.87. The van der Waals surface area contributed by atoms with Gasteiger partial charge >= 0.3 is 0 Å². The SMILES string of the molecule is COc1cc(C#N)ccc1CN(CCO)CCCO. The van der Waals surface area contributed by atoms with Gasteiger partial charge in [0.05, 0.1) is 25.3 Å². The molecule has 19 heavy (non-hydrogen) atoms. The zero-order valence-electron chi connectivity index (χ0n) is 11.2. The molecule has 5 nitrogen and oxygen atoms in total. The predicted molar refractivity (Wildman–Crippen MR) is 71.8 cm³/mol. The highest BCUT2D eigenvalue weighted by atomic mass is 16.5. The van der Waals surface area contributed by atoms with Crippen molar-refractivity contribution in [2.24, 2.45) is 0 Å². The Morgan fingerprint density at radius 1 is 1.26 bits per heavy atom. The van der Waals surface area contributed by atoms with Crippen LogP contribution in [0.1, 0.15) is 17.5 Å². The number of rotatable bonds is 8. The molecule has 104 valence electrons. The maximum absolute atomic E-state index is 9.04. The molecule has 0 saturated heterocycles. The molecule has 0 aliphatic heterocycles. The first kappa shape index (κ1) is 15.4. The van der Waals surface area contributed by atoms with E-state index >= 15 is 0 Å². The molecule has 1 aromatic carbocycles.